The molecule has 1 heterocycles. The van der Waals surface area contributed by atoms with Crippen molar-refractivity contribution in [3.05, 3.63) is 0 Å². The zero-order valence-corrected chi connectivity index (χ0v) is 13.7. The zero-order valence-electron chi connectivity index (χ0n) is 13.7. The molecular formula is C17H33N3O. The summed E-state index contributed by atoms with van der Waals surface area (Å²) in [6.45, 7) is 5.54. The van der Waals surface area contributed by atoms with Gasteiger partial charge < -0.3 is 10.5 Å². The third kappa shape index (κ3) is 3.00. The Morgan fingerprint density at radius 3 is 2.29 bits per heavy atom. The summed E-state index contributed by atoms with van der Waals surface area (Å²) in [6, 6.07) is 0.866. The zero-order chi connectivity index (χ0) is 14.7. The molecule has 2 atom stereocenters. The van der Waals surface area contributed by atoms with Gasteiger partial charge >= 0.3 is 0 Å². The van der Waals surface area contributed by atoms with Gasteiger partial charge in [0, 0.05) is 45.9 Å². The Morgan fingerprint density at radius 1 is 1.00 bits per heavy atom. The fourth-order valence-corrected chi connectivity index (χ4v) is 5.05. The van der Waals surface area contributed by atoms with E-state index in [2.05, 4.69) is 9.80 Å². The van der Waals surface area contributed by atoms with E-state index in [0.29, 0.717) is 6.10 Å². The molecule has 0 amide bonds. The third-order valence-electron chi connectivity index (χ3n) is 6.35. The molecule has 1 saturated heterocycles. The first-order valence-corrected chi connectivity index (χ1v) is 9.02. The van der Waals surface area contributed by atoms with Crippen molar-refractivity contribution in [3.63, 3.8) is 0 Å². The van der Waals surface area contributed by atoms with Crippen molar-refractivity contribution in [1.29, 1.82) is 0 Å². The van der Waals surface area contributed by atoms with E-state index >= 15 is 0 Å². The fourth-order valence-electron chi connectivity index (χ4n) is 5.05. The summed E-state index contributed by atoms with van der Waals surface area (Å²) < 4.78 is 5.84. The van der Waals surface area contributed by atoms with E-state index in [1.165, 1.54) is 77.5 Å². The molecular weight excluding hydrogens is 262 g/mol. The van der Waals surface area contributed by atoms with Crippen LogP contribution >= 0.6 is 0 Å². The summed E-state index contributed by atoms with van der Waals surface area (Å²) in [5.41, 5.74) is 6.36. The highest BCUT2D eigenvalue weighted by Gasteiger charge is 2.45. The van der Waals surface area contributed by atoms with Crippen molar-refractivity contribution >= 4 is 0 Å². The van der Waals surface area contributed by atoms with Gasteiger partial charge in [-0.25, -0.2) is 0 Å². The van der Waals surface area contributed by atoms with Crippen LogP contribution in [0.5, 0.6) is 0 Å². The van der Waals surface area contributed by atoms with Gasteiger partial charge in [-0.2, -0.15) is 0 Å². The average molecular weight is 295 g/mol. The lowest BCUT2D eigenvalue weighted by Gasteiger charge is -2.53. The molecule has 0 spiro atoms. The molecule has 0 radical (unpaired) electrons. The number of nitrogens with two attached hydrogens (primary N) is 1. The first-order chi connectivity index (χ1) is 10.3. The molecule has 2 unspecified atom stereocenters. The molecule has 3 fully saturated rings. The molecule has 3 rings (SSSR count). The number of ether oxygens (including phenoxy) is 1. The van der Waals surface area contributed by atoms with Crippen molar-refractivity contribution in [3.8, 4) is 0 Å². The summed E-state index contributed by atoms with van der Waals surface area (Å²) in [4.78, 5) is 5.41. The molecule has 4 nitrogen and oxygen atoms in total. The topological polar surface area (TPSA) is 41.7 Å². The van der Waals surface area contributed by atoms with Crippen LogP contribution in [0.15, 0.2) is 0 Å². The molecule has 0 bridgehead atoms. The molecule has 4 heteroatoms. The van der Waals surface area contributed by atoms with Crippen LogP contribution < -0.4 is 5.73 Å². The summed E-state index contributed by atoms with van der Waals surface area (Å²) in [7, 11) is 1.87. The molecule has 122 valence electrons. The lowest BCUT2D eigenvalue weighted by atomic mass is 9.77. The molecule has 0 aromatic rings. The minimum absolute atomic E-state index is 0.106. The van der Waals surface area contributed by atoms with Crippen molar-refractivity contribution in [1.82, 2.24) is 9.80 Å². The van der Waals surface area contributed by atoms with Crippen molar-refractivity contribution in [2.24, 2.45) is 5.73 Å². The van der Waals surface area contributed by atoms with Crippen LogP contribution in [0.25, 0.3) is 0 Å². The van der Waals surface area contributed by atoms with Gasteiger partial charge in [-0.3, -0.25) is 9.80 Å². The highest BCUT2D eigenvalue weighted by molar-refractivity contribution is 5.02. The van der Waals surface area contributed by atoms with E-state index < -0.39 is 0 Å². The van der Waals surface area contributed by atoms with Gasteiger partial charge in [0.25, 0.3) is 0 Å². The monoisotopic (exact) mass is 295 g/mol. The van der Waals surface area contributed by atoms with Crippen molar-refractivity contribution in [2.45, 2.75) is 69.1 Å². The predicted molar refractivity (Wildman–Crippen MR) is 86.5 cm³/mol. The lowest BCUT2D eigenvalue weighted by molar-refractivity contribution is -0.0913. The first-order valence-electron chi connectivity index (χ1n) is 9.02. The highest BCUT2D eigenvalue weighted by Crippen LogP contribution is 2.36. The van der Waals surface area contributed by atoms with E-state index in [-0.39, 0.29) is 5.54 Å². The Kier molecular flexibility index (Phi) is 5.20. The van der Waals surface area contributed by atoms with Gasteiger partial charge in [-0.15, -0.1) is 0 Å². The number of methoxy groups -OCH3 is 1. The summed E-state index contributed by atoms with van der Waals surface area (Å²) in [5.74, 6) is 0. The average Bonchev–Trinajstić information content (AvgIpc) is 3.09. The quantitative estimate of drug-likeness (QED) is 0.859. The van der Waals surface area contributed by atoms with Crippen molar-refractivity contribution in [2.75, 3.05) is 39.8 Å². The Hall–Kier alpha value is -0.160. The minimum Gasteiger partial charge on any atom is -0.379 e. The standard InChI is InChI=1S/C17H33N3O/c1-21-16-8-4-5-9-17(16,14-18)20-12-10-19(11-13-20)15-6-2-3-7-15/h15-16H,2-14,18H2,1H3. The third-order valence-corrected chi connectivity index (χ3v) is 6.35. The molecule has 2 N–H and O–H groups in total. The normalized spacial score (nSPS) is 37.1. The highest BCUT2D eigenvalue weighted by atomic mass is 16.5. The van der Waals surface area contributed by atoms with Crippen LogP contribution in [0.2, 0.25) is 0 Å². The van der Waals surface area contributed by atoms with Gasteiger partial charge in [-0.1, -0.05) is 25.7 Å². The maximum absolute atomic E-state index is 6.26. The predicted octanol–water partition coefficient (Wildman–Crippen LogP) is 1.83. The van der Waals surface area contributed by atoms with E-state index in [9.17, 15) is 0 Å². The summed E-state index contributed by atoms with van der Waals surface area (Å²) in [6.07, 6.45) is 11.0. The summed E-state index contributed by atoms with van der Waals surface area (Å²) >= 11 is 0. The van der Waals surface area contributed by atoms with Crippen LogP contribution in [0.4, 0.5) is 0 Å². The molecule has 3 aliphatic rings. The van der Waals surface area contributed by atoms with E-state index in [4.69, 9.17) is 10.5 Å². The Balaban J connectivity index is 1.63. The number of piperazine rings is 1. The smallest absolute Gasteiger partial charge is 0.0767 e. The SMILES string of the molecule is COC1CCCCC1(CN)N1CCN(C2CCCC2)CC1. The molecule has 2 saturated carbocycles. The Labute approximate surface area is 130 Å². The second kappa shape index (κ2) is 6.95. The second-order valence-corrected chi connectivity index (χ2v) is 7.24. The van der Waals surface area contributed by atoms with Crippen LogP contribution in [-0.2, 0) is 4.74 Å². The minimum atomic E-state index is 0.106. The molecule has 0 aromatic carbocycles. The maximum atomic E-state index is 6.26. The van der Waals surface area contributed by atoms with Gasteiger partial charge in [0.05, 0.1) is 11.6 Å². The molecule has 2 aliphatic carbocycles. The molecule has 0 aromatic heterocycles. The largest absolute Gasteiger partial charge is 0.379 e. The lowest BCUT2D eigenvalue weighted by Crippen LogP contribution is -2.67. The fraction of sp³-hybridized carbons (Fsp3) is 1.00. The summed E-state index contributed by atoms with van der Waals surface area (Å²) in [5, 5.41) is 0. The van der Waals surface area contributed by atoms with Gasteiger partial charge in [-0.05, 0) is 25.7 Å². The van der Waals surface area contributed by atoms with Crippen molar-refractivity contribution < 1.29 is 4.74 Å². The second-order valence-electron chi connectivity index (χ2n) is 7.24. The van der Waals surface area contributed by atoms with E-state index in [1.807, 2.05) is 7.11 Å². The van der Waals surface area contributed by atoms with E-state index in [1.54, 1.807) is 0 Å². The Bertz CT molecular complexity index is 324. The number of hydrogen-bond donors (Lipinski definition) is 1. The van der Waals surface area contributed by atoms with Crippen LogP contribution in [0, 0.1) is 0 Å². The van der Waals surface area contributed by atoms with E-state index in [0.717, 1.165) is 12.6 Å². The van der Waals surface area contributed by atoms with Gasteiger partial charge in [0.15, 0.2) is 0 Å². The number of rotatable bonds is 4. The Morgan fingerprint density at radius 2 is 1.67 bits per heavy atom. The van der Waals surface area contributed by atoms with Gasteiger partial charge in [0.2, 0.25) is 0 Å². The number of hydrogen-bond acceptors (Lipinski definition) is 4. The van der Waals surface area contributed by atoms with Crippen LogP contribution in [0.1, 0.15) is 51.4 Å². The number of nitrogens with zero attached hydrogens (tertiary/aromatic N) is 2. The first kappa shape index (κ1) is 15.7. The molecule has 21 heavy (non-hydrogen) atoms. The van der Waals surface area contributed by atoms with Gasteiger partial charge in [0.1, 0.15) is 0 Å². The molecule has 1 aliphatic heterocycles. The van der Waals surface area contributed by atoms with Crippen LogP contribution in [0.3, 0.4) is 0 Å². The van der Waals surface area contributed by atoms with Crippen LogP contribution in [-0.4, -0.2) is 67.3 Å². The maximum Gasteiger partial charge on any atom is 0.0767 e.